The zero-order chi connectivity index (χ0) is 17.4. The van der Waals surface area contributed by atoms with Crippen LogP contribution in [0.4, 0.5) is 4.39 Å². The molecule has 1 aliphatic heterocycles. The van der Waals surface area contributed by atoms with E-state index in [0.717, 1.165) is 5.56 Å². The molecule has 1 saturated heterocycles. The summed E-state index contributed by atoms with van der Waals surface area (Å²) in [5.41, 5.74) is 0.902. The topological polar surface area (TPSA) is 67.9 Å². The van der Waals surface area contributed by atoms with E-state index in [1.54, 1.807) is 12.1 Å². The number of ether oxygens (including phenoxy) is 2. The minimum absolute atomic E-state index is 0.0837. The highest BCUT2D eigenvalue weighted by Gasteiger charge is 2.23. The Morgan fingerprint density at radius 1 is 1.38 bits per heavy atom. The molecule has 1 heterocycles. The Morgan fingerprint density at radius 2 is 2.12 bits per heavy atom. The Morgan fingerprint density at radius 3 is 2.83 bits per heavy atom. The lowest BCUT2D eigenvalue weighted by molar-refractivity contribution is -0.140. The van der Waals surface area contributed by atoms with Crippen molar-refractivity contribution in [1.82, 2.24) is 10.2 Å². The van der Waals surface area contributed by atoms with Gasteiger partial charge in [0.2, 0.25) is 5.91 Å². The lowest BCUT2D eigenvalue weighted by Crippen LogP contribution is -2.44. The van der Waals surface area contributed by atoms with Gasteiger partial charge in [-0.1, -0.05) is 12.1 Å². The van der Waals surface area contributed by atoms with Gasteiger partial charge in [-0.15, -0.1) is 0 Å². The van der Waals surface area contributed by atoms with E-state index in [-0.39, 0.29) is 30.3 Å². The quantitative estimate of drug-likeness (QED) is 0.599. The number of nitrogens with one attached hydrogen (secondary N) is 1. The average Bonchev–Trinajstić information content (AvgIpc) is 2.59. The van der Waals surface area contributed by atoms with Gasteiger partial charge in [-0.05, 0) is 24.1 Å². The number of carbonyl (C=O) groups is 2. The third-order valence-corrected chi connectivity index (χ3v) is 3.87. The van der Waals surface area contributed by atoms with Gasteiger partial charge in [-0.25, -0.2) is 4.39 Å². The van der Waals surface area contributed by atoms with E-state index in [2.05, 4.69) is 10.1 Å². The number of hydrogen-bond donors (Lipinski definition) is 1. The van der Waals surface area contributed by atoms with Crippen molar-refractivity contribution in [2.45, 2.75) is 18.9 Å². The molecular weight excluding hydrogens is 315 g/mol. The van der Waals surface area contributed by atoms with Gasteiger partial charge in [0.15, 0.2) is 0 Å². The fourth-order valence-corrected chi connectivity index (χ4v) is 2.55. The van der Waals surface area contributed by atoms with Crippen LogP contribution < -0.4 is 5.32 Å². The third-order valence-electron chi connectivity index (χ3n) is 3.87. The van der Waals surface area contributed by atoms with Crippen molar-refractivity contribution >= 4 is 11.9 Å². The Balaban J connectivity index is 1.73. The average molecular weight is 338 g/mol. The van der Waals surface area contributed by atoms with Crippen LogP contribution in [0.1, 0.15) is 24.5 Å². The maximum atomic E-state index is 13.0. The van der Waals surface area contributed by atoms with Crippen LogP contribution in [0.5, 0.6) is 0 Å². The van der Waals surface area contributed by atoms with Gasteiger partial charge in [0.25, 0.3) is 0 Å². The second-order valence-electron chi connectivity index (χ2n) is 5.68. The molecule has 1 aromatic rings. The number of rotatable bonds is 7. The van der Waals surface area contributed by atoms with Crippen molar-refractivity contribution in [2.24, 2.45) is 0 Å². The van der Waals surface area contributed by atoms with Gasteiger partial charge in [-0.3, -0.25) is 14.5 Å². The first-order chi connectivity index (χ1) is 11.6. The minimum Gasteiger partial charge on any atom is -0.469 e. The Labute approximate surface area is 140 Å². The summed E-state index contributed by atoms with van der Waals surface area (Å²) in [6.45, 7) is 2.51. The van der Waals surface area contributed by atoms with Crippen LogP contribution in [0.3, 0.4) is 0 Å². The zero-order valence-corrected chi connectivity index (χ0v) is 13.8. The van der Waals surface area contributed by atoms with E-state index < -0.39 is 0 Å². The number of morpholine rings is 1. The molecule has 6 nitrogen and oxygen atoms in total. The maximum absolute atomic E-state index is 13.0. The second-order valence-corrected chi connectivity index (χ2v) is 5.68. The molecule has 0 bridgehead atoms. The van der Waals surface area contributed by atoms with Crippen molar-refractivity contribution in [1.29, 1.82) is 0 Å². The predicted octanol–water partition coefficient (Wildman–Crippen LogP) is 1.27. The Bertz CT molecular complexity index is 550. The maximum Gasteiger partial charge on any atom is 0.305 e. The van der Waals surface area contributed by atoms with Crippen molar-refractivity contribution in [2.75, 3.05) is 39.9 Å². The molecule has 1 N–H and O–H groups in total. The van der Waals surface area contributed by atoms with E-state index >= 15 is 0 Å². The lowest BCUT2D eigenvalue weighted by atomic mass is 10.1. The Kier molecular flexibility index (Phi) is 7.14. The molecule has 1 unspecified atom stereocenters. The summed E-state index contributed by atoms with van der Waals surface area (Å²) in [4.78, 5) is 24.9. The van der Waals surface area contributed by atoms with E-state index in [0.29, 0.717) is 39.1 Å². The number of hydrogen-bond acceptors (Lipinski definition) is 5. The molecule has 2 rings (SSSR count). The SMILES string of the molecule is COC(=O)CCCNC(=O)CN1CCOC(c2ccc(F)cc2)C1. The van der Waals surface area contributed by atoms with E-state index in [4.69, 9.17) is 4.74 Å². The van der Waals surface area contributed by atoms with Gasteiger partial charge in [0.05, 0.1) is 26.4 Å². The van der Waals surface area contributed by atoms with Crippen LogP contribution in [0.15, 0.2) is 24.3 Å². The normalized spacial score (nSPS) is 18.2. The van der Waals surface area contributed by atoms with Gasteiger partial charge in [0, 0.05) is 26.1 Å². The molecule has 1 aliphatic rings. The summed E-state index contributed by atoms with van der Waals surface area (Å²) in [7, 11) is 1.34. The fraction of sp³-hybridized carbons (Fsp3) is 0.529. The lowest BCUT2D eigenvalue weighted by Gasteiger charge is -2.32. The predicted molar refractivity (Wildman–Crippen MR) is 85.8 cm³/mol. The number of esters is 1. The highest BCUT2D eigenvalue weighted by molar-refractivity contribution is 5.78. The number of nitrogens with zero attached hydrogens (tertiary/aromatic N) is 1. The molecule has 7 heteroatoms. The minimum atomic E-state index is -0.280. The molecule has 1 amide bonds. The van der Waals surface area contributed by atoms with Crippen LogP contribution in [0, 0.1) is 5.82 Å². The molecule has 0 radical (unpaired) electrons. The van der Waals surface area contributed by atoms with E-state index in [1.165, 1.54) is 19.2 Å². The fourth-order valence-electron chi connectivity index (χ4n) is 2.55. The van der Waals surface area contributed by atoms with Gasteiger partial charge in [0.1, 0.15) is 5.82 Å². The van der Waals surface area contributed by atoms with Gasteiger partial charge in [-0.2, -0.15) is 0 Å². The van der Waals surface area contributed by atoms with Crippen molar-refractivity contribution < 1.29 is 23.5 Å². The van der Waals surface area contributed by atoms with Crippen LogP contribution in [0.2, 0.25) is 0 Å². The molecule has 1 fully saturated rings. The summed E-state index contributed by atoms with van der Waals surface area (Å²) in [5, 5.41) is 2.79. The number of halogens is 1. The second kappa shape index (κ2) is 9.34. The zero-order valence-electron chi connectivity index (χ0n) is 13.8. The van der Waals surface area contributed by atoms with Crippen LogP contribution in [-0.4, -0.2) is 56.7 Å². The molecule has 0 saturated carbocycles. The summed E-state index contributed by atoms with van der Waals surface area (Å²) in [6.07, 6.45) is 0.687. The van der Waals surface area contributed by atoms with E-state index in [9.17, 15) is 14.0 Å². The summed E-state index contributed by atoms with van der Waals surface area (Å²) in [6, 6.07) is 6.23. The molecule has 1 atom stereocenters. The van der Waals surface area contributed by atoms with Crippen molar-refractivity contribution in [3.8, 4) is 0 Å². The molecule has 132 valence electrons. The largest absolute Gasteiger partial charge is 0.469 e. The molecule has 24 heavy (non-hydrogen) atoms. The number of methoxy groups -OCH3 is 1. The first-order valence-electron chi connectivity index (χ1n) is 8.01. The standard InChI is InChI=1S/C17H23FN2O4/c1-23-17(22)3-2-8-19-16(21)12-20-9-10-24-15(11-20)13-4-6-14(18)7-5-13/h4-7,15H,2-3,8-12H2,1H3,(H,19,21). The number of carbonyl (C=O) groups excluding carboxylic acids is 2. The van der Waals surface area contributed by atoms with Gasteiger partial charge < -0.3 is 14.8 Å². The third kappa shape index (κ3) is 5.90. The number of benzene rings is 1. The Hall–Kier alpha value is -1.99. The summed E-state index contributed by atoms with van der Waals surface area (Å²) >= 11 is 0. The molecule has 0 spiro atoms. The van der Waals surface area contributed by atoms with Crippen LogP contribution in [0.25, 0.3) is 0 Å². The molecule has 0 aromatic heterocycles. The first kappa shape index (κ1) is 18.4. The first-order valence-corrected chi connectivity index (χ1v) is 8.01. The molecule has 0 aliphatic carbocycles. The smallest absolute Gasteiger partial charge is 0.305 e. The van der Waals surface area contributed by atoms with Crippen LogP contribution >= 0.6 is 0 Å². The molecule has 1 aromatic carbocycles. The summed E-state index contributed by atoms with van der Waals surface area (Å²) < 4.78 is 23.2. The molecular formula is C17H23FN2O4. The van der Waals surface area contributed by atoms with Crippen molar-refractivity contribution in [3.05, 3.63) is 35.6 Å². The monoisotopic (exact) mass is 338 g/mol. The summed E-state index contributed by atoms with van der Waals surface area (Å²) in [5.74, 6) is -0.642. The van der Waals surface area contributed by atoms with Crippen molar-refractivity contribution in [3.63, 3.8) is 0 Å². The highest BCUT2D eigenvalue weighted by Crippen LogP contribution is 2.22. The van der Waals surface area contributed by atoms with Gasteiger partial charge >= 0.3 is 5.97 Å². The van der Waals surface area contributed by atoms with Crippen LogP contribution in [-0.2, 0) is 19.1 Å². The van der Waals surface area contributed by atoms with E-state index in [1.807, 2.05) is 4.90 Å². The number of amides is 1. The highest BCUT2D eigenvalue weighted by atomic mass is 19.1.